The van der Waals surface area contributed by atoms with E-state index in [9.17, 15) is 9.90 Å². The van der Waals surface area contributed by atoms with Gasteiger partial charge in [-0.2, -0.15) is 0 Å². The maximum absolute atomic E-state index is 11.1. The van der Waals surface area contributed by atoms with Crippen LogP contribution >= 0.6 is 0 Å². The van der Waals surface area contributed by atoms with Gasteiger partial charge in [0.15, 0.2) is 0 Å². The second-order valence-electron chi connectivity index (χ2n) is 4.26. The summed E-state index contributed by atoms with van der Waals surface area (Å²) in [6.07, 6.45) is 1.62. The Hall–Kier alpha value is -1.61. The highest BCUT2D eigenvalue weighted by molar-refractivity contribution is 5.79. The zero-order chi connectivity index (χ0) is 12.4. The van der Waals surface area contributed by atoms with Crippen molar-refractivity contribution >= 4 is 11.5 Å². The Morgan fingerprint density at radius 3 is 2.88 bits per heavy atom. The Balaban J connectivity index is 2.32. The average molecular weight is 232 g/mol. The van der Waals surface area contributed by atoms with Gasteiger partial charge in [0.2, 0.25) is 0 Å². The molecular formula is C14H16O3. The van der Waals surface area contributed by atoms with Crippen molar-refractivity contribution in [1.29, 1.82) is 0 Å². The molecule has 2 atom stereocenters. The minimum Gasteiger partial charge on any atom is -0.469 e. The maximum atomic E-state index is 11.1. The highest BCUT2D eigenvalue weighted by Gasteiger charge is 2.31. The van der Waals surface area contributed by atoms with Crippen molar-refractivity contribution in [3.8, 4) is 0 Å². The number of methoxy groups -OCH3 is 1. The van der Waals surface area contributed by atoms with E-state index in [2.05, 4.69) is 4.74 Å². The number of aliphatic hydroxyl groups excluding tert-OH is 1. The second kappa shape index (κ2) is 4.72. The lowest BCUT2D eigenvalue weighted by Gasteiger charge is -2.09. The van der Waals surface area contributed by atoms with Gasteiger partial charge in [0.1, 0.15) is 0 Å². The Bertz CT molecular complexity index is 462. The first-order valence-corrected chi connectivity index (χ1v) is 5.69. The van der Waals surface area contributed by atoms with Crippen LogP contribution in [-0.4, -0.2) is 18.2 Å². The van der Waals surface area contributed by atoms with Crippen molar-refractivity contribution in [2.24, 2.45) is 5.92 Å². The summed E-state index contributed by atoms with van der Waals surface area (Å²) in [6.45, 7) is 1.97. The van der Waals surface area contributed by atoms with Crippen LogP contribution in [0.5, 0.6) is 0 Å². The van der Waals surface area contributed by atoms with Crippen molar-refractivity contribution in [3.63, 3.8) is 0 Å². The number of rotatable bonds is 2. The summed E-state index contributed by atoms with van der Waals surface area (Å²) in [4.78, 5) is 11.1. The van der Waals surface area contributed by atoms with Gasteiger partial charge in [0.05, 0.1) is 19.6 Å². The van der Waals surface area contributed by atoms with Gasteiger partial charge >= 0.3 is 5.97 Å². The fourth-order valence-corrected chi connectivity index (χ4v) is 2.27. The number of ether oxygens (including phenoxy) is 1. The molecule has 17 heavy (non-hydrogen) atoms. The smallest absolute Gasteiger partial charge is 0.309 e. The van der Waals surface area contributed by atoms with Gasteiger partial charge in [-0.1, -0.05) is 37.3 Å². The molecule has 1 N–H and O–H groups in total. The minimum atomic E-state index is -0.477. The number of carbonyl (C=O) groups excluding carboxylic acids is 1. The van der Waals surface area contributed by atoms with Crippen LogP contribution in [0.4, 0.5) is 0 Å². The molecule has 1 aliphatic rings. The molecule has 0 amide bonds. The number of hydrogen-bond donors (Lipinski definition) is 1. The Morgan fingerprint density at radius 2 is 2.18 bits per heavy atom. The molecule has 0 aliphatic heterocycles. The molecule has 1 aliphatic carbocycles. The van der Waals surface area contributed by atoms with Gasteiger partial charge in [-0.15, -0.1) is 0 Å². The molecule has 0 saturated heterocycles. The van der Waals surface area contributed by atoms with Crippen molar-refractivity contribution < 1.29 is 14.6 Å². The summed E-state index contributed by atoms with van der Waals surface area (Å²) in [6, 6.07) is 7.76. The maximum Gasteiger partial charge on any atom is 0.309 e. The van der Waals surface area contributed by atoms with Gasteiger partial charge < -0.3 is 9.84 Å². The van der Waals surface area contributed by atoms with Crippen LogP contribution in [0.25, 0.3) is 5.57 Å². The third-order valence-corrected chi connectivity index (χ3v) is 3.27. The van der Waals surface area contributed by atoms with E-state index >= 15 is 0 Å². The van der Waals surface area contributed by atoms with E-state index in [-0.39, 0.29) is 18.3 Å². The van der Waals surface area contributed by atoms with Crippen LogP contribution in [0.15, 0.2) is 30.3 Å². The largest absolute Gasteiger partial charge is 0.469 e. The molecule has 0 spiro atoms. The lowest BCUT2D eigenvalue weighted by Crippen LogP contribution is -2.02. The first kappa shape index (κ1) is 11.9. The monoisotopic (exact) mass is 232 g/mol. The number of esters is 1. The van der Waals surface area contributed by atoms with E-state index in [1.54, 1.807) is 0 Å². The summed E-state index contributed by atoms with van der Waals surface area (Å²) in [5.74, 6) is -0.236. The summed E-state index contributed by atoms with van der Waals surface area (Å²) >= 11 is 0. The molecule has 1 aromatic carbocycles. The molecule has 1 aromatic rings. The van der Waals surface area contributed by atoms with E-state index in [0.29, 0.717) is 0 Å². The van der Waals surface area contributed by atoms with Crippen molar-refractivity contribution in [1.82, 2.24) is 0 Å². The molecule has 0 saturated carbocycles. The lowest BCUT2D eigenvalue weighted by atomic mass is 9.99. The zero-order valence-corrected chi connectivity index (χ0v) is 10.0. The fraction of sp³-hybridized carbons (Fsp3) is 0.357. The van der Waals surface area contributed by atoms with Crippen LogP contribution in [0.1, 0.15) is 30.6 Å². The van der Waals surface area contributed by atoms with Crippen LogP contribution < -0.4 is 0 Å². The summed E-state index contributed by atoms with van der Waals surface area (Å²) in [5.41, 5.74) is 3.01. The number of hydrogen-bond acceptors (Lipinski definition) is 3. The Morgan fingerprint density at radius 1 is 1.47 bits per heavy atom. The normalized spacial score (nSPS) is 24.8. The highest BCUT2D eigenvalue weighted by atomic mass is 16.5. The molecule has 0 unspecified atom stereocenters. The van der Waals surface area contributed by atoms with Gasteiger partial charge in [-0.05, 0) is 16.7 Å². The van der Waals surface area contributed by atoms with E-state index < -0.39 is 6.10 Å². The molecule has 0 fully saturated rings. The van der Waals surface area contributed by atoms with E-state index in [4.69, 9.17) is 0 Å². The SMILES string of the molecule is COC(=O)CC=C1c2ccccc2[C@@H](O)[C@@H]1C. The molecule has 0 bridgehead atoms. The number of carbonyl (C=O) groups is 1. The van der Waals surface area contributed by atoms with Crippen LogP contribution in [0.3, 0.4) is 0 Å². The first-order valence-electron chi connectivity index (χ1n) is 5.69. The topological polar surface area (TPSA) is 46.5 Å². The van der Waals surface area contributed by atoms with Crippen LogP contribution in [0, 0.1) is 5.92 Å². The highest BCUT2D eigenvalue weighted by Crippen LogP contribution is 2.44. The van der Waals surface area contributed by atoms with E-state index in [1.807, 2.05) is 37.3 Å². The molecule has 3 nitrogen and oxygen atoms in total. The number of aliphatic hydroxyl groups is 1. The first-order chi connectivity index (χ1) is 8.15. The van der Waals surface area contributed by atoms with Crippen LogP contribution in [0.2, 0.25) is 0 Å². The number of benzene rings is 1. The van der Waals surface area contributed by atoms with Gasteiger partial charge in [-0.3, -0.25) is 4.79 Å². The third kappa shape index (κ3) is 2.11. The van der Waals surface area contributed by atoms with Crippen molar-refractivity contribution in [2.45, 2.75) is 19.4 Å². The standard InChI is InChI=1S/C14H16O3/c1-9-10(7-8-13(15)17-2)11-5-3-4-6-12(11)14(9)16/h3-7,9,14,16H,8H2,1-2H3/t9-,14+/m1/s1. The Labute approximate surface area is 101 Å². The predicted octanol–water partition coefficient (Wildman–Crippen LogP) is 2.32. The molecule has 90 valence electrons. The molecule has 3 heteroatoms. The lowest BCUT2D eigenvalue weighted by molar-refractivity contribution is -0.139. The molecule has 0 heterocycles. The molecular weight excluding hydrogens is 216 g/mol. The van der Waals surface area contributed by atoms with Gasteiger partial charge in [0.25, 0.3) is 0 Å². The molecule has 0 aromatic heterocycles. The Kier molecular flexibility index (Phi) is 3.29. The van der Waals surface area contributed by atoms with Crippen LogP contribution in [-0.2, 0) is 9.53 Å². The average Bonchev–Trinajstić information content (AvgIpc) is 2.60. The summed E-state index contributed by atoms with van der Waals surface area (Å²) < 4.78 is 4.61. The predicted molar refractivity (Wildman–Crippen MR) is 65.2 cm³/mol. The van der Waals surface area contributed by atoms with E-state index in [0.717, 1.165) is 16.7 Å². The third-order valence-electron chi connectivity index (χ3n) is 3.27. The van der Waals surface area contributed by atoms with Crippen molar-refractivity contribution in [2.75, 3.05) is 7.11 Å². The fourth-order valence-electron chi connectivity index (χ4n) is 2.27. The summed E-state index contributed by atoms with van der Waals surface area (Å²) in [7, 11) is 1.38. The minimum absolute atomic E-state index is 0.0251. The van der Waals surface area contributed by atoms with Gasteiger partial charge in [-0.25, -0.2) is 0 Å². The van der Waals surface area contributed by atoms with Crippen molar-refractivity contribution in [3.05, 3.63) is 41.5 Å². The molecule has 2 rings (SSSR count). The zero-order valence-electron chi connectivity index (χ0n) is 10.0. The van der Waals surface area contributed by atoms with Gasteiger partial charge in [0, 0.05) is 5.92 Å². The second-order valence-corrected chi connectivity index (χ2v) is 4.26. The number of fused-ring (bicyclic) bond motifs is 1. The summed E-state index contributed by atoms with van der Waals surface area (Å²) in [5, 5.41) is 10.1. The quantitative estimate of drug-likeness (QED) is 0.796. The molecule has 0 radical (unpaired) electrons. The van der Waals surface area contributed by atoms with E-state index in [1.165, 1.54) is 7.11 Å².